The van der Waals surface area contributed by atoms with Crippen molar-refractivity contribution in [3.05, 3.63) is 0 Å². The second kappa shape index (κ2) is 2.26. The van der Waals surface area contributed by atoms with Crippen LogP contribution in [0.2, 0.25) is 0 Å². The first-order valence-electron chi connectivity index (χ1n) is 2.15. The van der Waals surface area contributed by atoms with Crippen LogP contribution >= 0.6 is 0 Å². The molecule has 0 aromatic carbocycles. The molecule has 0 atom stereocenters. The Hall–Kier alpha value is -0.710. The summed E-state index contributed by atoms with van der Waals surface area (Å²) in [5.74, 6) is -1.72. The highest BCUT2D eigenvalue weighted by atomic mass is 19.3. The van der Waals surface area contributed by atoms with Gasteiger partial charge in [-0.1, -0.05) is 0 Å². The summed E-state index contributed by atoms with van der Waals surface area (Å²) in [4.78, 5) is 10.6. The number of alkyl halides is 2. The molecule has 0 fully saturated rings. The molecule has 0 heterocycles. The SMILES string of the molecule is CN(C)C(=O)C([O])(F)F. The molecule has 0 aliphatic heterocycles. The maximum Gasteiger partial charge on any atom is 0.463 e. The number of hydrogen-bond acceptors (Lipinski definition) is 1. The fraction of sp³-hybridized carbons (Fsp3) is 0.750. The van der Waals surface area contributed by atoms with E-state index < -0.39 is 12.0 Å². The Morgan fingerprint density at radius 3 is 1.78 bits per heavy atom. The van der Waals surface area contributed by atoms with Gasteiger partial charge >= 0.3 is 12.0 Å². The lowest BCUT2D eigenvalue weighted by Gasteiger charge is -2.11. The van der Waals surface area contributed by atoms with Crippen LogP contribution in [0.25, 0.3) is 0 Å². The van der Waals surface area contributed by atoms with Gasteiger partial charge in [-0.15, -0.1) is 5.11 Å². The Balaban J connectivity index is 4.06. The van der Waals surface area contributed by atoms with Crippen LogP contribution in [0.5, 0.6) is 0 Å². The van der Waals surface area contributed by atoms with Crippen molar-refractivity contribution >= 4 is 5.91 Å². The second-order valence-corrected chi connectivity index (χ2v) is 1.72. The lowest BCUT2D eigenvalue weighted by molar-refractivity contribution is -0.239. The predicted molar refractivity (Wildman–Crippen MR) is 24.3 cm³/mol. The van der Waals surface area contributed by atoms with E-state index in [-0.39, 0.29) is 0 Å². The van der Waals surface area contributed by atoms with Crippen molar-refractivity contribution in [2.45, 2.75) is 6.11 Å². The van der Waals surface area contributed by atoms with Crippen molar-refractivity contribution in [1.82, 2.24) is 4.90 Å². The van der Waals surface area contributed by atoms with E-state index >= 15 is 0 Å². The molecule has 0 aromatic rings. The largest absolute Gasteiger partial charge is 0.463 e. The Labute approximate surface area is 50.9 Å². The van der Waals surface area contributed by atoms with Crippen LogP contribution in [0.4, 0.5) is 8.78 Å². The minimum absolute atomic E-state index is 0.549. The van der Waals surface area contributed by atoms with Gasteiger partial charge in [0.2, 0.25) is 0 Å². The quantitative estimate of drug-likeness (QED) is 0.506. The van der Waals surface area contributed by atoms with Crippen LogP contribution in [0.1, 0.15) is 0 Å². The molecule has 3 nitrogen and oxygen atoms in total. The van der Waals surface area contributed by atoms with Crippen molar-refractivity contribution in [1.29, 1.82) is 0 Å². The molecule has 1 amide bonds. The van der Waals surface area contributed by atoms with E-state index in [0.29, 0.717) is 4.90 Å². The third kappa shape index (κ3) is 2.36. The molecule has 0 aliphatic rings. The number of carbonyl (C=O) groups is 1. The van der Waals surface area contributed by atoms with Gasteiger partial charge in [0.1, 0.15) is 0 Å². The van der Waals surface area contributed by atoms with Crippen molar-refractivity contribution < 1.29 is 18.7 Å². The molecular weight excluding hydrogens is 132 g/mol. The summed E-state index contributed by atoms with van der Waals surface area (Å²) >= 11 is 0. The number of halogens is 2. The molecule has 0 unspecified atom stereocenters. The first kappa shape index (κ1) is 8.29. The normalized spacial score (nSPS) is 11.2. The Bertz CT molecular complexity index is 118. The monoisotopic (exact) mass is 138 g/mol. The minimum atomic E-state index is -4.48. The zero-order valence-corrected chi connectivity index (χ0v) is 5.02. The van der Waals surface area contributed by atoms with Crippen molar-refractivity contribution in [2.24, 2.45) is 0 Å². The van der Waals surface area contributed by atoms with Crippen LogP contribution in [0.15, 0.2) is 0 Å². The summed E-state index contributed by atoms with van der Waals surface area (Å²) in [5, 5.41) is 9.52. The molecule has 0 aliphatic carbocycles. The maximum absolute atomic E-state index is 11.4. The highest BCUT2D eigenvalue weighted by Crippen LogP contribution is 2.10. The molecule has 0 bridgehead atoms. The van der Waals surface area contributed by atoms with Crippen LogP contribution in [0.3, 0.4) is 0 Å². The fourth-order valence-electron chi connectivity index (χ4n) is 0.260. The van der Waals surface area contributed by atoms with Gasteiger partial charge in [-0.25, -0.2) is 0 Å². The summed E-state index contributed by atoms with van der Waals surface area (Å²) < 4.78 is 22.8. The van der Waals surface area contributed by atoms with Gasteiger partial charge in [0.25, 0.3) is 0 Å². The molecule has 0 spiro atoms. The first-order valence-corrected chi connectivity index (χ1v) is 2.15. The number of hydrogen-bond donors (Lipinski definition) is 0. The van der Waals surface area contributed by atoms with E-state index in [1.54, 1.807) is 0 Å². The van der Waals surface area contributed by atoms with Crippen molar-refractivity contribution in [2.75, 3.05) is 14.1 Å². The average molecular weight is 138 g/mol. The number of likely N-dealkylation sites (N-methyl/N-ethyl adjacent to an activating group) is 1. The summed E-state index contributed by atoms with van der Waals surface area (Å²) in [5.41, 5.74) is 0. The van der Waals surface area contributed by atoms with Gasteiger partial charge in [0, 0.05) is 14.1 Å². The van der Waals surface area contributed by atoms with Gasteiger partial charge in [0.15, 0.2) is 0 Å². The van der Waals surface area contributed by atoms with Crippen LogP contribution in [-0.4, -0.2) is 31.0 Å². The Kier molecular flexibility index (Phi) is 2.08. The summed E-state index contributed by atoms with van der Waals surface area (Å²) in [6, 6.07) is 0. The first-order chi connectivity index (χ1) is 3.85. The van der Waals surface area contributed by atoms with Gasteiger partial charge in [-0.05, 0) is 0 Å². The third-order valence-corrected chi connectivity index (χ3v) is 0.655. The molecule has 1 radical (unpaired) electrons. The molecule has 0 saturated carbocycles. The van der Waals surface area contributed by atoms with Crippen molar-refractivity contribution in [3.8, 4) is 0 Å². The number of amides is 1. The van der Waals surface area contributed by atoms with Gasteiger partial charge in [-0.3, -0.25) is 4.79 Å². The van der Waals surface area contributed by atoms with Gasteiger partial charge in [-0.2, -0.15) is 8.78 Å². The van der Waals surface area contributed by atoms with Gasteiger partial charge in [0.05, 0.1) is 0 Å². The van der Waals surface area contributed by atoms with E-state index in [2.05, 4.69) is 0 Å². The molecule has 53 valence electrons. The second-order valence-electron chi connectivity index (χ2n) is 1.72. The Morgan fingerprint density at radius 2 is 1.78 bits per heavy atom. The molecule has 0 rings (SSSR count). The standard InChI is InChI=1S/C4H6F2NO2/c1-7(2)3(8)4(5,6)9/h1-2H3. The summed E-state index contributed by atoms with van der Waals surface area (Å²) in [7, 11) is 2.18. The zero-order valence-electron chi connectivity index (χ0n) is 5.02. The molecular formula is C4H6F2NO2. The molecule has 5 heteroatoms. The average Bonchev–Trinajstić information content (AvgIpc) is 1.62. The molecule has 0 aromatic heterocycles. The minimum Gasteiger partial charge on any atom is -0.341 e. The smallest absolute Gasteiger partial charge is 0.341 e. The maximum atomic E-state index is 11.4. The number of carbonyl (C=O) groups excluding carboxylic acids is 1. The van der Waals surface area contributed by atoms with Crippen LogP contribution < -0.4 is 0 Å². The number of rotatable bonds is 1. The van der Waals surface area contributed by atoms with E-state index in [1.807, 2.05) is 0 Å². The fourth-order valence-corrected chi connectivity index (χ4v) is 0.260. The topological polar surface area (TPSA) is 40.2 Å². The third-order valence-electron chi connectivity index (χ3n) is 0.655. The Morgan fingerprint density at radius 1 is 1.44 bits per heavy atom. The highest BCUT2D eigenvalue weighted by molar-refractivity contribution is 5.80. The molecule has 9 heavy (non-hydrogen) atoms. The molecule has 0 saturated heterocycles. The van der Waals surface area contributed by atoms with E-state index in [1.165, 1.54) is 0 Å². The van der Waals surface area contributed by atoms with Crippen LogP contribution in [-0.2, 0) is 9.90 Å². The summed E-state index contributed by atoms with van der Waals surface area (Å²) in [6.45, 7) is 0. The lowest BCUT2D eigenvalue weighted by atomic mass is 10.5. The van der Waals surface area contributed by atoms with Gasteiger partial charge < -0.3 is 4.90 Å². The van der Waals surface area contributed by atoms with Crippen LogP contribution in [0, 0.1) is 0 Å². The van der Waals surface area contributed by atoms with E-state index in [9.17, 15) is 18.7 Å². The van der Waals surface area contributed by atoms with E-state index in [4.69, 9.17) is 0 Å². The lowest BCUT2D eigenvalue weighted by Crippen LogP contribution is -2.37. The highest BCUT2D eigenvalue weighted by Gasteiger charge is 2.39. The van der Waals surface area contributed by atoms with Crippen molar-refractivity contribution in [3.63, 3.8) is 0 Å². The summed E-state index contributed by atoms with van der Waals surface area (Å²) in [6.07, 6.45) is -4.48. The molecule has 0 N–H and O–H groups in total. The van der Waals surface area contributed by atoms with E-state index in [0.717, 1.165) is 14.1 Å². The predicted octanol–water partition coefficient (Wildman–Crippen LogP) is 0.0979. The zero-order chi connectivity index (χ0) is 7.65. The number of nitrogens with zero attached hydrogens (tertiary/aromatic N) is 1.